The maximum atomic E-state index is 17.0. The van der Waals surface area contributed by atoms with E-state index >= 15 is 4.39 Å². The number of halogens is 1. The molecule has 0 amide bonds. The summed E-state index contributed by atoms with van der Waals surface area (Å²) < 4.78 is 32.0. The zero-order valence-corrected chi connectivity index (χ0v) is 25.1. The van der Waals surface area contributed by atoms with Gasteiger partial charge in [-0.3, -0.25) is 9.59 Å². The van der Waals surface area contributed by atoms with E-state index in [0.29, 0.717) is 18.4 Å². The van der Waals surface area contributed by atoms with Gasteiger partial charge in [-0.15, -0.1) is 0 Å². The summed E-state index contributed by atoms with van der Waals surface area (Å²) in [5, 5.41) is 22.8. The van der Waals surface area contributed by atoms with Gasteiger partial charge >= 0.3 is 59.1 Å². The summed E-state index contributed by atoms with van der Waals surface area (Å²) in [5.41, 5.74) is -6.03. The van der Waals surface area contributed by atoms with E-state index in [2.05, 4.69) is 4.52 Å². The fraction of sp³-hybridized carbons (Fsp3) is 0.727. The molecule has 0 bridgehead atoms. The predicted molar refractivity (Wildman–Crippen MR) is 106 cm³/mol. The van der Waals surface area contributed by atoms with Gasteiger partial charge in [-0.05, 0) is 56.6 Å². The standard InChI is InChI=1S/C22H30FO8P.2Na/c1-12-8-16-15-5-4-13-9-14(24)6-7-19(13,2)21(15,23)17(25)10-20(16,3)22(12,27)18(26)11-31-32(28,29)30;;/h6-7,9,12,15-17,25,27H,4-5,8,10-11H2,1-3H3,(H2,28,29,30);;/q;2*+1/p-2/t12-,15-,16-,17-,19-,20-,21-,22-;;/m1../s1. The van der Waals surface area contributed by atoms with E-state index in [0.717, 1.165) is 0 Å². The van der Waals surface area contributed by atoms with Crippen LogP contribution in [0, 0.1) is 28.6 Å². The average Bonchev–Trinajstić information content (AvgIpc) is 2.89. The number of rotatable bonds is 4. The number of aliphatic hydroxyl groups excluding tert-OH is 1. The summed E-state index contributed by atoms with van der Waals surface area (Å²) >= 11 is 0. The van der Waals surface area contributed by atoms with Crippen molar-refractivity contribution in [1.82, 2.24) is 0 Å². The van der Waals surface area contributed by atoms with Gasteiger partial charge in [0.1, 0.15) is 12.2 Å². The molecule has 2 N–H and O–H groups in total. The van der Waals surface area contributed by atoms with Crippen LogP contribution >= 0.6 is 7.82 Å². The molecule has 34 heavy (non-hydrogen) atoms. The van der Waals surface area contributed by atoms with Crippen LogP contribution in [0.5, 0.6) is 0 Å². The van der Waals surface area contributed by atoms with Crippen LogP contribution in [0.4, 0.5) is 4.39 Å². The number of carbonyl (C=O) groups is 2. The molecule has 4 aliphatic carbocycles. The van der Waals surface area contributed by atoms with Crippen LogP contribution in [0.15, 0.2) is 23.8 Å². The van der Waals surface area contributed by atoms with Gasteiger partial charge in [0.25, 0.3) is 0 Å². The number of alkyl halides is 1. The average molecular weight is 516 g/mol. The number of allylic oxidation sites excluding steroid dienone is 4. The number of hydrogen-bond acceptors (Lipinski definition) is 8. The summed E-state index contributed by atoms with van der Waals surface area (Å²) in [6.07, 6.45) is 3.54. The molecule has 0 spiro atoms. The third kappa shape index (κ3) is 4.20. The van der Waals surface area contributed by atoms with E-state index in [-0.39, 0.29) is 77.7 Å². The second-order valence-electron chi connectivity index (χ2n) is 10.3. The van der Waals surface area contributed by atoms with Crippen molar-refractivity contribution in [3.05, 3.63) is 23.8 Å². The Balaban J connectivity index is 0.00000204. The fourth-order valence-electron chi connectivity index (χ4n) is 7.39. The van der Waals surface area contributed by atoms with Crippen LogP contribution in [0.1, 0.15) is 46.5 Å². The van der Waals surface area contributed by atoms with Gasteiger partial charge in [-0.2, -0.15) is 0 Å². The van der Waals surface area contributed by atoms with Gasteiger partial charge in [-0.25, -0.2) is 4.39 Å². The van der Waals surface area contributed by atoms with Gasteiger partial charge in [-0.1, -0.05) is 25.5 Å². The second-order valence-corrected chi connectivity index (χ2v) is 11.5. The first kappa shape index (κ1) is 31.0. The molecule has 0 aromatic rings. The molecule has 0 aliphatic heterocycles. The third-order valence-electron chi connectivity index (χ3n) is 9.00. The van der Waals surface area contributed by atoms with Crippen molar-refractivity contribution in [2.24, 2.45) is 28.6 Å². The van der Waals surface area contributed by atoms with Crippen molar-refractivity contribution in [2.45, 2.75) is 63.8 Å². The Bertz CT molecular complexity index is 984. The Hall–Kier alpha value is 0.780. The molecule has 0 saturated heterocycles. The Labute approximate surface area is 242 Å². The number of Topliss-reactive ketones (excluding diaryl/α,β-unsaturated/α-hetero) is 1. The van der Waals surface area contributed by atoms with Gasteiger partial charge in [0.05, 0.1) is 13.9 Å². The van der Waals surface area contributed by atoms with Gasteiger partial charge in [0, 0.05) is 16.7 Å². The summed E-state index contributed by atoms with van der Waals surface area (Å²) in [4.78, 5) is 46.6. The maximum absolute atomic E-state index is 17.0. The smallest absolute Gasteiger partial charge is 0.790 e. The van der Waals surface area contributed by atoms with E-state index in [1.807, 2.05) is 0 Å². The van der Waals surface area contributed by atoms with Crippen LogP contribution in [0.3, 0.4) is 0 Å². The predicted octanol–water partition coefficient (Wildman–Crippen LogP) is -5.24. The molecule has 3 saturated carbocycles. The van der Waals surface area contributed by atoms with Crippen molar-refractivity contribution in [2.75, 3.05) is 6.61 Å². The van der Waals surface area contributed by atoms with Crippen LogP contribution in [-0.2, 0) is 18.7 Å². The second kappa shape index (κ2) is 9.83. The zero-order chi connectivity index (χ0) is 23.9. The van der Waals surface area contributed by atoms with Gasteiger partial charge in [0.15, 0.2) is 17.2 Å². The van der Waals surface area contributed by atoms with Crippen LogP contribution in [0.25, 0.3) is 0 Å². The van der Waals surface area contributed by atoms with E-state index in [1.54, 1.807) is 20.8 Å². The molecule has 8 nitrogen and oxygen atoms in total. The summed E-state index contributed by atoms with van der Waals surface area (Å²) in [6, 6.07) is 0. The first-order chi connectivity index (χ1) is 14.6. The number of ketones is 2. The van der Waals surface area contributed by atoms with E-state index < -0.39 is 66.2 Å². The number of phosphoric acid groups is 1. The molecular weight excluding hydrogens is 488 g/mol. The fourth-order valence-corrected chi connectivity index (χ4v) is 7.66. The number of carbonyl (C=O) groups excluding carboxylic acids is 2. The maximum Gasteiger partial charge on any atom is 1.00 e. The van der Waals surface area contributed by atoms with E-state index in [9.17, 15) is 34.2 Å². The minimum absolute atomic E-state index is 0. The number of aliphatic hydroxyl groups is 2. The van der Waals surface area contributed by atoms with Crippen LogP contribution < -0.4 is 68.9 Å². The molecule has 3 fully saturated rings. The Morgan fingerprint density at radius 1 is 1.29 bits per heavy atom. The van der Waals surface area contributed by atoms with Crippen LogP contribution in [-0.4, -0.2) is 45.8 Å². The van der Waals surface area contributed by atoms with Crippen molar-refractivity contribution in [1.29, 1.82) is 0 Å². The normalized spacial score (nSPS) is 45.2. The first-order valence-corrected chi connectivity index (χ1v) is 12.3. The van der Waals surface area contributed by atoms with E-state index in [4.69, 9.17) is 0 Å². The van der Waals surface area contributed by atoms with E-state index in [1.165, 1.54) is 18.2 Å². The molecule has 178 valence electrons. The molecule has 8 atom stereocenters. The minimum atomic E-state index is -5.43. The van der Waals surface area contributed by atoms with Gasteiger partial charge < -0.3 is 29.1 Å². The van der Waals surface area contributed by atoms with Gasteiger partial charge in [0.2, 0.25) is 0 Å². The number of phosphoric ester groups is 1. The quantitative estimate of drug-likeness (QED) is 0.279. The summed E-state index contributed by atoms with van der Waals surface area (Å²) in [5.74, 6) is -3.06. The monoisotopic (exact) mass is 516 g/mol. The summed E-state index contributed by atoms with van der Waals surface area (Å²) in [7, 11) is -5.43. The largest absolute Gasteiger partial charge is 1.00 e. The van der Waals surface area contributed by atoms with Crippen LogP contribution in [0.2, 0.25) is 0 Å². The first-order valence-electron chi connectivity index (χ1n) is 10.8. The van der Waals surface area contributed by atoms with Crippen molar-refractivity contribution in [3.8, 4) is 0 Å². The third-order valence-corrected chi connectivity index (χ3v) is 9.45. The molecule has 0 heterocycles. The molecule has 4 rings (SSSR count). The molecule has 12 heteroatoms. The van der Waals surface area contributed by atoms with Crippen molar-refractivity contribution < 1.29 is 102 Å². The Morgan fingerprint density at radius 3 is 2.50 bits per heavy atom. The molecule has 0 aromatic heterocycles. The molecule has 4 aliphatic rings. The zero-order valence-electron chi connectivity index (χ0n) is 20.2. The number of hydrogen-bond donors (Lipinski definition) is 2. The Morgan fingerprint density at radius 2 is 1.91 bits per heavy atom. The molecule has 0 aromatic carbocycles. The summed E-state index contributed by atoms with van der Waals surface area (Å²) in [6.45, 7) is 3.80. The number of fused-ring (bicyclic) bond motifs is 5. The topological polar surface area (TPSA) is 147 Å². The van der Waals surface area contributed by atoms with Crippen molar-refractivity contribution >= 4 is 19.4 Å². The minimum Gasteiger partial charge on any atom is -0.790 e. The molecule has 0 unspecified atom stereocenters. The molecular formula is C22H28FNa2O8P. The SMILES string of the molecule is C[C@@H]1C[C@@H]2[C@H]3CCC4=CC(=O)C=C[C@@]4(C)[C@]3(F)[C@H](O)C[C@@]2(C)[C@]1(O)C(=O)COP(=O)([O-])[O-].[Na+].[Na+]. The molecule has 0 radical (unpaired) electrons. The van der Waals surface area contributed by atoms with Crippen molar-refractivity contribution in [3.63, 3.8) is 0 Å². The Kier molecular flexibility index (Phi) is 8.96.